The van der Waals surface area contributed by atoms with Crippen molar-refractivity contribution in [2.45, 2.75) is 25.7 Å². The standard InChI is InChI=1S/C18H20F2N2O3S/c1-4-22(26(24,25)18-14(19)9-6-10-15(18)20)11-16(23)21-17-12(2)7-5-8-13(17)3/h5-10H,4,11H2,1-3H3,(H,21,23). The maximum atomic E-state index is 13.9. The number of halogens is 2. The number of benzene rings is 2. The van der Waals surface area contributed by atoms with Gasteiger partial charge in [0.15, 0.2) is 4.90 Å². The van der Waals surface area contributed by atoms with Crippen LogP contribution in [0.4, 0.5) is 14.5 Å². The Labute approximate surface area is 151 Å². The number of hydrogen-bond acceptors (Lipinski definition) is 3. The smallest absolute Gasteiger partial charge is 0.249 e. The van der Waals surface area contributed by atoms with Gasteiger partial charge in [-0.25, -0.2) is 17.2 Å². The number of amides is 1. The van der Waals surface area contributed by atoms with E-state index in [1.807, 2.05) is 32.0 Å². The average Bonchev–Trinajstić information content (AvgIpc) is 2.55. The third-order valence-electron chi connectivity index (χ3n) is 3.94. The van der Waals surface area contributed by atoms with Crippen LogP contribution in [0.25, 0.3) is 0 Å². The topological polar surface area (TPSA) is 66.5 Å². The largest absolute Gasteiger partial charge is 0.324 e. The highest BCUT2D eigenvalue weighted by molar-refractivity contribution is 7.89. The summed E-state index contributed by atoms with van der Waals surface area (Å²) in [5.41, 5.74) is 2.23. The molecule has 2 aromatic rings. The number of rotatable bonds is 6. The summed E-state index contributed by atoms with van der Waals surface area (Å²) in [6.07, 6.45) is 0. The second kappa shape index (κ2) is 7.92. The van der Waals surface area contributed by atoms with Crippen molar-refractivity contribution in [1.29, 1.82) is 0 Å². The summed E-state index contributed by atoms with van der Waals surface area (Å²) in [7, 11) is -4.50. The molecule has 26 heavy (non-hydrogen) atoms. The van der Waals surface area contributed by atoms with Crippen molar-refractivity contribution >= 4 is 21.6 Å². The van der Waals surface area contributed by atoms with Gasteiger partial charge in [0.1, 0.15) is 11.6 Å². The van der Waals surface area contributed by atoms with E-state index < -0.39 is 39.0 Å². The first-order valence-electron chi connectivity index (χ1n) is 7.98. The highest BCUT2D eigenvalue weighted by atomic mass is 32.2. The summed E-state index contributed by atoms with van der Waals surface area (Å²) in [5, 5.41) is 2.66. The zero-order chi connectivity index (χ0) is 19.5. The average molecular weight is 382 g/mol. The molecule has 0 saturated carbocycles. The summed E-state index contributed by atoms with van der Waals surface area (Å²) in [6.45, 7) is 4.44. The maximum absolute atomic E-state index is 13.9. The fraction of sp³-hybridized carbons (Fsp3) is 0.278. The lowest BCUT2D eigenvalue weighted by Gasteiger charge is -2.21. The van der Waals surface area contributed by atoms with Crippen molar-refractivity contribution < 1.29 is 22.0 Å². The van der Waals surface area contributed by atoms with Crippen LogP contribution in [-0.4, -0.2) is 31.7 Å². The predicted octanol–water partition coefficient (Wildman–Crippen LogP) is 3.23. The molecule has 8 heteroatoms. The van der Waals surface area contributed by atoms with Crippen LogP contribution in [0.5, 0.6) is 0 Å². The monoisotopic (exact) mass is 382 g/mol. The van der Waals surface area contributed by atoms with Gasteiger partial charge < -0.3 is 5.32 Å². The van der Waals surface area contributed by atoms with Crippen LogP contribution in [0.1, 0.15) is 18.1 Å². The van der Waals surface area contributed by atoms with Crippen LogP contribution in [0.15, 0.2) is 41.3 Å². The Morgan fingerprint density at radius 1 is 1.04 bits per heavy atom. The molecular weight excluding hydrogens is 362 g/mol. The molecule has 140 valence electrons. The van der Waals surface area contributed by atoms with Crippen molar-refractivity contribution in [3.8, 4) is 0 Å². The Bertz CT molecular complexity index is 890. The zero-order valence-corrected chi connectivity index (χ0v) is 15.5. The molecule has 0 aliphatic carbocycles. The van der Waals surface area contributed by atoms with Crippen LogP contribution in [0, 0.1) is 25.5 Å². The van der Waals surface area contributed by atoms with Gasteiger partial charge in [0.25, 0.3) is 0 Å². The van der Waals surface area contributed by atoms with Crippen molar-refractivity contribution in [3.05, 3.63) is 59.2 Å². The Kier molecular flexibility index (Phi) is 6.09. The molecule has 0 spiro atoms. The molecule has 0 aliphatic heterocycles. The molecule has 0 aliphatic rings. The van der Waals surface area contributed by atoms with Gasteiger partial charge in [-0.05, 0) is 37.1 Å². The fourth-order valence-corrected chi connectivity index (χ4v) is 4.09. The molecule has 5 nitrogen and oxygen atoms in total. The van der Waals surface area contributed by atoms with Crippen LogP contribution < -0.4 is 5.32 Å². The quantitative estimate of drug-likeness (QED) is 0.834. The van der Waals surface area contributed by atoms with Crippen LogP contribution in [0.2, 0.25) is 0 Å². The van der Waals surface area contributed by atoms with Crippen molar-refractivity contribution in [3.63, 3.8) is 0 Å². The summed E-state index contributed by atoms with van der Waals surface area (Å²) < 4.78 is 53.7. The van der Waals surface area contributed by atoms with Gasteiger partial charge in [-0.3, -0.25) is 4.79 Å². The SMILES string of the molecule is CCN(CC(=O)Nc1c(C)cccc1C)S(=O)(=O)c1c(F)cccc1F. The number of nitrogens with one attached hydrogen (secondary N) is 1. The van der Waals surface area contributed by atoms with Crippen LogP contribution in [-0.2, 0) is 14.8 Å². The molecule has 1 N–H and O–H groups in total. The van der Waals surface area contributed by atoms with Gasteiger partial charge in [0.2, 0.25) is 15.9 Å². The normalized spacial score (nSPS) is 11.6. The first-order chi connectivity index (χ1) is 12.2. The lowest BCUT2D eigenvalue weighted by Crippen LogP contribution is -2.38. The Morgan fingerprint density at radius 3 is 2.04 bits per heavy atom. The highest BCUT2D eigenvalue weighted by Gasteiger charge is 2.31. The fourth-order valence-electron chi connectivity index (χ4n) is 2.58. The highest BCUT2D eigenvalue weighted by Crippen LogP contribution is 2.23. The van der Waals surface area contributed by atoms with E-state index in [-0.39, 0.29) is 6.54 Å². The second-order valence-corrected chi connectivity index (χ2v) is 7.67. The molecule has 1 amide bonds. The number of likely N-dealkylation sites (N-methyl/N-ethyl adjacent to an activating group) is 1. The molecular formula is C18H20F2N2O3S. The zero-order valence-electron chi connectivity index (χ0n) is 14.7. The number of para-hydroxylation sites is 1. The third-order valence-corrected chi connectivity index (χ3v) is 5.91. The Hall–Kier alpha value is -2.32. The lowest BCUT2D eigenvalue weighted by atomic mass is 10.1. The molecule has 2 aromatic carbocycles. The number of anilines is 1. The van der Waals surface area contributed by atoms with Gasteiger partial charge in [-0.15, -0.1) is 0 Å². The number of sulfonamides is 1. The first kappa shape index (κ1) is 20.0. The van der Waals surface area contributed by atoms with Gasteiger partial charge in [0.05, 0.1) is 6.54 Å². The second-order valence-electron chi connectivity index (χ2n) is 5.80. The summed E-state index contributed by atoms with van der Waals surface area (Å²) in [4.78, 5) is 11.3. The predicted molar refractivity (Wildman–Crippen MR) is 95.3 cm³/mol. The van der Waals surface area contributed by atoms with Crippen molar-refractivity contribution in [2.24, 2.45) is 0 Å². The van der Waals surface area contributed by atoms with Crippen LogP contribution in [0.3, 0.4) is 0 Å². The van der Waals surface area contributed by atoms with Gasteiger partial charge in [-0.1, -0.05) is 31.2 Å². The molecule has 0 bridgehead atoms. The first-order valence-corrected chi connectivity index (χ1v) is 9.42. The molecule has 0 unspecified atom stereocenters. The number of hydrogen-bond donors (Lipinski definition) is 1. The number of carbonyl (C=O) groups is 1. The molecule has 0 atom stereocenters. The van der Waals surface area contributed by atoms with Gasteiger partial charge >= 0.3 is 0 Å². The summed E-state index contributed by atoms with van der Waals surface area (Å²) in [5.74, 6) is -2.98. The molecule has 0 radical (unpaired) electrons. The number of nitrogens with zero attached hydrogens (tertiary/aromatic N) is 1. The molecule has 0 heterocycles. The van der Waals surface area contributed by atoms with E-state index >= 15 is 0 Å². The number of carbonyl (C=O) groups excluding carboxylic acids is 1. The molecule has 0 saturated heterocycles. The van der Waals surface area contributed by atoms with Crippen LogP contribution >= 0.6 is 0 Å². The maximum Gasteiger partial charge on any atom is 0.249 e. The van der Waals surface area contributed by atoms with Crippen molar-refractivity contribution in [2.75, 3.05) is 18.4 Å². The van der Waals surface area contributed by atoms with Crippen molar-refractivity contribution in [1.82, 2.24) is 4.31 Å². The van der Waals surface area contributed by atoms with E-state index in [4.69, 9.17) is 0 Å². The minimum atomic E-state index is -4.50. The van der Waals surface area contributed by atoms with E-state index in [0.717, 1.165) is 33.6 Å². The minimum absolute atomic E-state index is 0.115. The van der Waals surface area contributed by atoms with E-state index in [2.05, 4.69) is 5.32 Å². The number of aryl methyl sites for hydroxylation is 2. The van der Waals surface area contributed by atoms with Gasteiger partial charge in [-0.2, -0.15) is 4.31 Å². The molecule has 0 fully saturated rings. The lowest BCUT2D eigenvalue weighted by molar-refractivity contribution is -0.116. The van der Waals surface area contributed by atoms with E-state index in [1.165, 1.54) is 6.92 Å². The Balaban J connectivity index is 2.27. The third kappa shape index (κ3) is 4.08. The minimum Gasteiger partial charge on any atom is -0.324 e. The van der Waals surface area contributed by atoms with E-state index in [1.54, 1.807) is 0 Å². The molecule has 0 aromatic heterocycles. The summed E-state index contributed by atoms with van der Waals surface area (Å²) in [6, 6.07) is 8.26. The van der Waals surface area contributed by atoms with Gasteiger partial charge in [0, 0.05) is 12.2 Å². The Morgan fingerprint density at radius 2 is 1.54 bits per heavy atom. The summed E-state index contributed by atoms with van der Waals surface area (Å²) >= 11 is 0. The van der Waals surface area contributed by atoms with E-state index in [0.29, 0.717) is 5.69 Å². The van der Waals surface area contributed by atoms with E-state index in [9.17, 15) is 22.0 Å². The molecule has 2 rings (SSSR count).